The molecular weight excluding hydrogens is 346 g/mol. The molecule has 142 valence electrons. The molecule has 0 saturated carbocycles. The van der Waals surface area contributed by atoms with Crippen molar-refractivity contribution >= 4 is 23.2 Å². The number of nitrogens with zero attached hydrogens (tertiary/aromatic N) is 1. The van der Waals surface area contributed by atoms with E-state index in [0.717, 1.165) is 5.56 Å². The van der Waals surface area contributed by atoms with Gasteiger partial charge < -0.3 is 25.4 Å². The Morgan fingerprint density at radius 1 is 1.15 bits per heavy atom. The number of hydrogen-bond donors (Lipinski definition) is 2. The number of anilines is 2. The summed E-state index contributed by atoms with van der Waals surface area (Å²) >= 11 is 0. The van der Waals surface area contributed by atoms with Gasteiger partial charge in [-0.25, -0.2) is 0 Å². The summed E-state index contributed by atoms with van der Waals surface area (Å²) in [6.45, 7) is 0.516. The van der Waals surface area contributed by atoms with Gasteiger partial charge >= 0.3 is 0 Å². The van der Waals surface area contributed by atoms with Gasteiger partial charge in [-0.3, -0.25) is 9.59 Å². The van der Waals surface area contributed by atoms with Crippen LogP contribution >= 0.6 is 0 Å². The first-order chi connectivity index (χ1) is 13.0. The number of rotatable bonds is 6. The third kappa shape index (κ3) is 4.31. The topological polar surface area (TPSA) is 93.9 Å². The molecule has 1 saturated heterocycles. The van der Waals surface area contributed by atoms with E-state index in [9.17, 15) is 9.59 Å². The summed E-state index contributed by atoms with van der Waals surface area (Å²) in [5, 5.41) is 2.82. The van der Waals surface area contributed by atoms with Crippen molar-refractivity contribution in [2.45, 2.75) is 18.9 Å². The van der Waals surface area contributed by atoms with E-state index in [2.05, 4.69) is 5.32 Å². The lowest BCUT2D eigenvalue weighted by Gasteiger charge is -2.19. The van der Waals surface area contributed by atoms with Crippen molar-refractivity contribution in [1.29, 1.82) is 0 Å². The fraction of sp³-hybridized carbons (Fsp3) is 0.300. The van der Waals surface area contributed by atoms with E-state index < -0.39 is 6.04 Å². The fourth-order valence-electron chi connectivity index (χ4n) is 3.08. The first-order valence-electron chi connectivity index (χ1n) is 8.68. The van der Waals surface area contributed by atoms with Crippen LogP contribution in [0.15, 0.2) is 42.5 Å². The number of methoxy groups -OCH3 is 2. The van der Waals surface area contributed by atoms with Crippen molar-refractivity contribution in [3.05, 3.63) is 48.0 Å². The Morgan fingerprint density at radius 2 is 1.78 bits per heavy atom. The third-order valence-electron chi connectivity index (χ3n) is 4.53. The van der Waals surface area contributed by atoms with Gasteiger partial charge in [0.25, 0.3) is 0 Å². The molecule has 1 unspecified atom stereocenters. The van der Waals surface area contributed by atoms with Crippen LogP contribution in [0, 0.1) is 0 Å². The number of nitrogens with one attached hydrogen (secondary N) is 1. The second-order valence-electron chi connectivity index (χ2n) is 6.39. The molecule has 1 aliphatic rings. The number of ether oxygens (including phenoxy) is 2. The molecule has 1 aliphatic heterocycles. The largest absolute Gasteiger partial charge is 0.497 e. The number of nitrogens with two attached hydrogens (primary N) is 1. The maximum Gasteiger partial charge on any atom is 0.249 e. The molecule has 27 heavy (non-hydrogen) atoms. The Morgan fingerprint density at radius 3 is 2.37 bits per heavy atom. The average molecular weight is 369 g/mol. The molecule has 1 fully saturated rings. The Bertz CT molecular complexity index is 813. The van der Waals surface area contributed by atoms with Crippen LogP contribution in [0.1, 0.15) is 12.0 Å². The summed E-state index contributed by atoms with van der Waals surface area (Å²) in [7, 11) is 3.12. The van der Waals surface area contributed by atoms with Crippen molar-refractivity contribution in [2.24, 2.45) is 0 Å². The van der Waals surface area contributed by atoms with Crippen LogP contribution < -0.4 is 25.4 Å². The molecule has 3 rings (SSSR count). The number of carbonyl (C=O) groups excluding carboxylic acids is 2. The first kappa shape index (κ1) is 18.6. The molecule has 0 spiro atoms. The molecule has 0 bridgehead atoms. The smallest absolute Gasteiger partial charge is 0.249 e. The minimum atomic E-state index is -0.538. The average Bonchev–Trinajstić information content (AvgIpc) is 3.03. The van der Waals surface area contributed by atoms with E-state index in [4.69, 9.17) is 15.2 Å². The van der Waals surface area contributed by atoms with Gasteiger partial charge in [-0.15, -0.1) is 0 Å². The fourth-order valence-corrected chi connectivity index (χ4v) is 3.08. The first-order valence-corrected chi connectivity index (χ1v) is 8.68. The van der Waals surface area contributed by atoms with Crippen molar-refractivity contribution in [3.8, 4) is 11.5 Å². The molecule has 0 aliphatic carbocycles. The highest BCUT2D eigenvalue weighted by atomic mass is 16.5. The molecule has 1 heterocycles. The second-order valence-corrected chi connectivity index (χ2v) is 6.39. The molecule has 0 aromatic heterocycles. The number of nitrogen functional groups attached to an aromatic ring is 1. The van der Waals surface area contributed by atoms with Gasteiger partial charge in [0.15, 0.2) is 0 Å². The van der Waals surface area contributed by atoms with Crippen molar-refractivity contribution in [2.75, 3.05) is 31.4 Å². The molecule has 7 heteroatoms. The lowest BCUT2D eigenvalue weighted by molar-refractivity contribution is -0.126. The highest BCUT2D eigenvalue weighted by Crippen LogP contribution is 2.31. The summed E-state index contributed by atoms with van der Waals surface area (Å²) in [4.78, 5) is 26.7. The monoisotopic (exact) mass is 369 g/mol. The summed E-state index contributed by atoms with van der Waals surface area (Å²) in [5.74, 6) is 0.875. The molecule has 2 aromatic rings. The third-order valence-corrected chi connectivity index (χ3v) is 4.53. The van der Waals surface area contributed by atoms with Crippen LogP contribution in [0.5, 0.6) is 11.5 Å². The lowest BCUT2D eigenvalue weighted by atomic mass is 10.1. The van der Waals surface area contributed by atoms with Gasteiger partial charge in [0, 0.05) is 30.4 Å². The molecule has 3 N–H and O–H groups in total. The molecular formula is C20H23N3O4. The van der Waals surface area contributed by atoms with E-state index in [1.807, 2.05) is 0 Å². The van der Waals surface area contributed by atoms with Crippen molar-refractivity contribution in [1.82, 2.24) is 5.32 Å². The predicted octanol–water partition coefficient (Wildman–Crippen LogP) is 1.75. The zero-order chi connectivity index (χ0) is 19.4. The molecule has 7 nitrogen and oxygen atoms in total. The van der Waals surface area contributed by atoms with Crippen molar-refractivity contribution < 1.29 is 19.1 Å². The van der Waals surface area contributed by atoms with Gasteiger partial charge in [0.05, 0.1) is 26.3 Å². The van der Waals surface area contributed by atoms with Gasteiger partial charge in [0.1, 0.15) is 17.5 Å². The maximum absolute atomic E-state index is 12.8. The quantitative estimate of drug-likeness (QED) is 0.757. The summed E-state index contributed by atoms with van der Waals surface area (Å²) in [6.07, 6.45) is 0.753. The molecule has 2 aromatic carbocycles. The van der Waals surface area contributed by atoms with E-state index in [1.165, 1.54) is 0 Å². The minimum Gasteiger partial charge on any atom is -0.497 e. The maximum atomic E-state index is 12.8. The van der Waals surface area contributed by atoms with Gasteiger partial charge in [-0.2, -0.15) is 0 Å². The standard InChI is InChI=1S/C20H23N3O4/c1-26-16-10-15(11-17(12-16)27-2)23-8-7-18(20(23)25)22-19(24)9-13-3-5-14(21)6-4-13/h3-6,10-12,18H,7-9,21H2,1-2H3,(H,22,24). The van der Waals surface area contributed by atoms with Crippen LogP contribution in [0.3, 0.4) is 0 Å². The zero-order valence-corrected chi connectivity index (χ0v) is 15.4. The highest BCUT2D eigenvalue weighted by molar-refractivity contribution is 6.01. The van der Waals surface area contributed by atoms with Crippen LogP contribution in [-0.2, 0) is 16.0 Å². The Balaban J connectivity index is 1.66. The van der Waals surface area contributed by atoms with E-state index in [0.29, 0.717) is 35.8 Å². The Hall–Kier alpha value is -3.22. The SMILES string of the molecule is COc1cc(OC)cc(N2CCC(NC(=O)Cc3ccc(N)cc3)C2=O)c1. The summed E-state index contributed by atoms with van der Waals surface area (Å²) < 4.78 is 10.5. The molecule has 1 atom stereocenters. The highest BCUT2D eigenvalue weighted by Gasteiger charge is 2.34. The van der Waals surface area contributed by atoms with Gasteiger partial charge in [-0.1, -0.05) is 12.1 Å². The van der Waals surface area contributed by atoms with E-state index in [-0.39, 0.29) is 18.2 Å². The van der Waals surface area contributed by atoms with Crippen LogP contribution in [0.4, 0.5) is 11.4 Å². The number of carbonyl (C=O) groups is 2. The Labute approximate surface area is 158 Å². The van der Waals surface area contributed by atoms with E-state index in [1.54, 1.807) is 61.6 Å². The van der Waals surface area contributed by atoms with Crippen LogP contribution in [0.25, 0.3) is 0 Å². The summed E-state index contributed by atoms with van der Waals surface area (Å²) in [6, 6.07) is 11.9. The zero-order valence-electron chi connectivity index (χ0n) is 15.4. The van der Waals surface area contributed by atoms with Crippen LogP contribution in [0.2, 0.25) is 0 Å². The lowest BCUT2D eigenvalue weighted by Crippen LogP contribution is -2.42. The normalized spacial score (nSPS) is 16.3. The van der Waals surface area contributed by atoms with Crippen molar-refractivity contribution in [3.63, 3.8) is 0 Å². The number of benzene rings is 2. The molecule has 0 radical (unpaired) electrons. The van der Waals surface area contributed by atoms with Gasteiger partial charge in [-0.05, 0) is 24.1 Å². The number of hydrogen-bond acceptors (Lipinski definition) is 5. The predicted molar refractivity (Wildman–Crippen MR) is 103 cm³/mol. The summed E-state index contributed by atoms with van der Waals surface area (Å²) in [5.41, 5.74) is 7.83. The minimum absolute atomic E-state index is 0.143. The Kier molecular flexibility index (Phi) is 5.49. The van der Waals surface area contributed by atoms with Crippen LogP contribution in [-0.4, -0.2) is 38.6 Å². The van der Waals surface area contributed by atoms with E-state index >= 15 is 0 Å². The van der Waals surface area contributed by atoms with Gasteiger partial charge in [0.2, 0.25) is 11.8 Å². The molecule has 2 amide bonds. The number of amides is 2. The second kappa shape index (κ2) is 7.99.